The third kappa shape index (κ3) is 3.46. The lowest BCUT2D eigenvalue weighted by Gasteiger charge is -2.07. The molecule has 1 heterocycles. The molecule has 1 N–H and O–H groups in total. The Balaban J connectivity index is 1.89. The Morgan fingerprint density at radius 2 is 1.91 bits per heavy atom. The summed E-state index contributed by atoms with van der Waals surface area (Å²) < 4.78 is 0. The van der Waals surface area contributed by atoms with Gasteiger partial charge in [-0.25, -0.2) is 4.99 Å². The standard InChI is InChI=1S/C18H16N2O2S/c1-12-4-3-5-13(10-12)11-16-17(22)20(2)18(23-16)19-14-6-8-15(21)9-7-14/h3-11,21H,1-2H3/b16-11-,19-18?. The first-order chi connectivity index (χ1) is 11.0. The van der Waals surface area contributed by atoms with E-state index in [1.807, 2.05) is 37.3 Å². The van der Waals surface area contributed by atoms with Crippen LogP contribution in [0.3, 0.4) is 0 Å². The van der Waals surface area contributed by atoms with E-state index in [9.17, 15) is 9.90 Å². The van der Waals surface area contributed by atoms with Crippen LogP contribution in [0.25, 0.3) is 6.08 Å². The molecule has 5 heteroatoms. The Kier molecular flexibility index (Phi) is 4.21. The smallest absolute Gasteiger partial charge is 0.266 e. The number of benzene rings is 2. The van der Waals surface area contributed by atoms with Gasteiger partial charge in [-0.15, -0.1) is 0 Å². The Bertz CT molecular complexity index is 810. The lowest BCUT2D eigenvalue weighted by atomic mass is 10.1. The molecular weight excluding hydrogens is 308 g/mol. The van der Waals surface area contributed by atoms with Crippen LogP contribution >= 0.6 is 11.8 Å². The summed E-state index contributed by atoms with van der Waals surface area (Å²) in [6.45, 7) is 2.02. The number of carbonyl (C=O) groups excluding carboxylic acids is 1. The van der Waals surface area contributed by atoms with Gasteiger partial charge in [0, 0.05) is 7.05 Å². The van der Waals surface area contributed by atoms with E-state index in [4.69, 9.17) is 0 Å². The number of phenolic OH excluding ortho intramolecular Hbond substituents is 1. The maximum atomic E-state index is 12.4. The van der Waals surface area contributed by atoms with Crippen LogP contribution in [0.15, 0.2) is 58.4 Å². The molecule has 23 heavy (non-hydrogen) atoms. The van der Waals surface area contributed by atoms with Crippen LogP contribution in [0.1, 0.15) is 11.1 Å². The van der Waals surface area contributed by atoms with E-state index in [1.165, 1.54) is 11.8 Å². The number of phenols is 1. The molecule has 0 aliphatic carbocycles. The number of aryl methyl sites for hydroxylation is 1. The molecule has 0 unspecified atom stereocenters. The highest BCUT2D eigenvalue weighted by molar-refractivity contribution is 8.18. The van der Waals surface area contributed by atoms with Crippen LogP contribution < -0.4 is 0 Å². The first-order valence-electron chi connectivity index (χ1n) is 7.15. The Hall–Kier alpha value is -2.53. The van der Waals surface area contributed by atoms with Crippen molar-refractivity contribution < 1.29 is 9.90 Å². The molecule has 0 atom stereocenters. The molecule has 1 aliphatic rings. The molecule has 1 aliphatic heterocycles. The zero-order chi connectivity index (χ0) is 16.4. The summed E-state index contributed by atoms with van der Waals surface area (Å²) in [5.41, 5.74) is 2.85. The van der Waals surface area contributed by atoms with Crippen LogP contribution in [0.4, 0.5) is 5.69 Å². The number of carbonyl (C=O) groups is 1. The van der Waals surface area contributed by atoms with Gasteiger partial charge in [0.05, 0.1) is 10.6 Å². The largest absolute Gasteiger partial charge is 0.508 e. The van der Waals surface area contributed by atoms with Crippen molar-refractivity contribution in [2.75, 3.05) is 7.05 Å². The second kappa shape index (κ2) is 6.30. The average molecular weight is 324 g/mol. The SMILES string of the molecule is Cc1cccc(/C=C2\SC(=Nc3ccc(O)cc3)N(C)C2=O)c1. The van der Waals surface area contributed by atoms with Crippen molar-refractivity contribution in [1.29, 1.82) is 0 Å². The van der Waals surface area contributed by atoms with E-state index < -0.39 is 0 Å². The number of hydrogen-bond acceptors (Lipinski definition) is 4. The highest BCUT2D eigenvalue weighted by atomic mass is 32.2. The fourth-order valence-corrected chi connectivity index (χ4v) is 3.19. The number of rotatable bonds is 2. The van der Waals surface area contributed by atoms with Crippen molar-refractivity contribution in [1.82, 2.24) is 4.90 Å². The number of nitrogens with zero attached hydrogens (tertiary/aromatic N) is 2. The van der Waals surface area contributed by atoms with Crippen LogP contribution in [-0.2, 0) is 4.79 Å². The molecule has 116 valence electrons. The van der Waals surface area contributed by atoms with Gasteiger partial charge >= 0.3 is 0 Å². The number of aliphatic imine (C=N–C) groups is 1. The van der Waals surface area contributed by atoms with Gasteiger partial charge in [0.15, 0.2) is 5.17 Å². The minimum atomic E-state index is -0.0611. The van der Waals surface area contributed by atoms with Gasteiger partial charge in [-0.1, -0.05) is 29.8 Å². The minimum absolute atomic E-state index is 0.0611. The molecular formula is C18H16N2O2S. The quantitative estimate of drug-likeness (QED) is 0.852. The lowest BCUT2D eigenvalue weighted by molar-refractivity contribution is -0.121. The second-order valence-electron chi connectivity index (χ2n) is 5.30. The average Bonchev–Trinajstić information content (AvgIpc) is 2.78. The molecule has 1 fully saturated rings. The van der Waals surface area contributed by atoms with Crippen molar-refractivity contribution in [2.24, 2.45) is 4.99 Å². The number of hydrogen-bond donors (Lipinski definition) is 1. The Morgan fingerprint density at radius 1 is 1.17 bits per heavy atom. The summed E-state index contributed by atoms with van der Waals surface area (Å²) in [6.07, 6.45) is 1.88. The number of amidine groups is 1. The van der Waals surface area contributed by atoms with Gasteiger partial charge in [0.1, 0.15) is 5.75 Å². The lowest BCUT2D eigenvalue weighted by Crippen LogP contribution is -2.23. The van der Waals surface area contributed by atoms with Gasteiger partial charge in [-0.2, -0.15) is 0 Å². The second-order valence-corrected chi connectivity index (χ2v) is 6.31. The topological polar surface area (TPSA) is 52.9 Å². The van der Waals surface area contributed by atoms with E-state index in [0.717, 1.165) is 11.1 Å². The molecule has 4 nitrogen and oxygen atoms in total. The van der Waals surface area contributed by atoms with E-state index in [2.05, 4.69) is 4.99 Å². The van der Waals surface area contributed by atoms with Gasteiger partial charge < -0.3 is 5.11 Å². The van der Waals surface area contributed by atoms with E-state index in [0.29, 0.717) is 15.8 Å². The summed E-state index contributed by atoms with van der Waals surface area (Å²) in [4.78, 5) is 19.0. The minimum Gasteiger partial charge on any atom is -0.508 e. The van der Waals surface area contributed by atoms with Crippen LogP contribution in [0.2, 0.25) is 0 Å². The van der Waals surface area contributed by atoms with Crippen molar-refractivity contribution in [3.8, 4) is 5.75 Å². The van der Waals surface area contributed by atoms with Gasteiger partial charge in [-0.3, -0.25) is 9.69 Å². The van der Waals surface area contributed by atoms with Crippen molar-refractivity contribution in [2.45, 2.75) is 6.92 Å². The normalized spacial score (nSPS) is 18.2. The van der Waals surface area contributed by atoms with E-state index in [-0.39, 0.29) is 11.7 Å². The predicted octanol–water partition coefficient (Wildman–Crippen LogP) is 3.93. The van der Waals surface area contributed by atoms with Crippen LogP contribution in [-0.4, -0.2) is 28.1 Å². The maximum Gasteiger partial charge on any atom is 0.266 e. The van der Waals surface area contributed by atoms with Crippen molar-refractivity contribution >= 4 is 34.6 Å². The predicted molar refractivity (Wildman–Crippen MR) is 94.7 cm³/mol. The zero-order valence-corrected chi connectivity index (χ0v) is 13.7. The molecule has 1 saturated heterocycles. The van der Waals surface area contributed by atoms with Crippen molar-refractivity contribution in [3.63, 3.8) is 0 Å². The number of amides is 1. The summed E-state index contributed by atoms with van der Waals surface area (Å²) in [7, 11) is 1.71. The maximum absolute atomic E-state index is 12.4. The molecule has 2 aromatic carbocycles. The van der Waals surface area contributed by atoms with E-state index in [1.54, 1.807) is 36.2 Å². The molecule has 0 aromatic heterocycles. The highest BCUT2D eigenvalue weighted by Crippen LogP contribution is 2.33. The van der Waals surface area contributed by atoms with Gasteiger partial charge in [-0.05, 0) is 54.6 Å². The summed E-state index contributed by atoms with van der Waals surface area (Å²) >= 11 is 1.35. The van der Waals surface area contributed by atoms with Crippen LogP contribution in [0, 0.1) is 6.92 Å². The number of thioether (sulfide) groups is 1. The molecule has 1 amide bonds. The summed E-state index contributed by atoms with van der Waals surface area (Å²) in [5, 5.41) is 9.94. The number of aromatic hydroxyl groups is 1. The monoisotopic (exact) mass is 324 g/mol. The molecule has 3 rings (SSSR count). The number of likely N-dealkylation sites (N-methyl/N-ethyl adjacent to an activating group) is 1. The third-order valence-corrected chi connectivity index (χ3v) is 4.48. The van der Waals surface area contributed by atoms with Crippen molar-refractivity contribution in [3.05, 3.63) is 64.6 Å². The first kappa shape index (κ1) is 15.4. The summed E-state index contributed by atoms with van der Waals surface area (Å²) in [6, 6.07) is 14.6. The fraction of sp³-hybridized carbons (Fsp3) is 0.111. The fourth-order valence-electron chi connectivity index (χ4n) is 2.20. The van der Waals surface area contributed by atoms with E-state index >= 15 is 0 Å². The molecule has 2 aromatic rings. The summed E-state index contributed by atoms with van der Waals surface area (Å²) in [5.74, 6) is 0.131. The molecule has 0 bridgehead atoms. The Labute approximate surface area is 139 Å². The van der Waals surface area contributed by atoms with Gasteiger partial charge in [0.25, 0.3) is 5.91 Å². The highest BCUT2D eigenvalue weighted by Gasteiger charge is 2.30. The third-order valence-electron chi connectivity index (χ3n) is 3.42. The molecule has 0 spiro atoms. The van der Waals surface area contributed by atoms with Gasteiger partial charge in [0.2, 0.25) is 0 Å². The Morgan fingerprint density at radius 3 is 2.61 bits per heavy atom. The zero-order valence-electron chi connectivity index (χ0n) is 12.9. The van der Waals surface area contributed by atoms with Crippen LogP contribution in [0.5, 0.6) is 5.75 Å². The molecule has 0 saturated carbocycles. The molecule has 0 radical (unpaired) electrons. The first-order valence-corrected chi connectivity index (χ1v) is 7.96.